The van der Waals surface area contributed by atoms with Crippen molar-refractivity contribution in [2.45, 2.75) is 32.0 Å². The number of piperidine rings is 1. The van der Waals surface area contributed by atoms with Crippen LogP contribution >= 0.6 is 11.3 Å². The highest BCUT2D eigenvalue weighted by atomic mass is 32.1. The molecule has 2 aromatic rings. The number of hydrogen-bond acceptors (Lipinski definition) is 3. The third-order valence-electron chi connectivity index (χ3n) is 4.75. The second kappa shape index (κ2) is 7.40. The molecule has 0 amide bonds. The van der Waals surface area contributed by atoms with Gasteiger partial charge in [-0.25, -0.2) is 0 Å². The van der Waals surface area contributed by atoms with E-state index < -0.39 is 29.7 Å². The Morgan fingerprint density at radius 2 is 2.08 bits per heavy atom. The zero-order chi connectivity index (χ0) is 18.9. The van der Waals surface area contributed by atoms with Crippen LogP contribution < -0.4 is 0 Å². The number of thiophene rings is 1. The van der Waals surface area contributed by atoms with Gasteiger partial charge in [-0.2, -0.15) is 13.2 Å². The van der Waals surface area contributed by atoms with Crippen LogP contribution in [0.5, 0.6) is 0 Å². The van der Waals surface area contributed by atoms with Crippen LogP contribution in [0.4, 0.5) is 13.2 Å². The van der Waals surface area contributed by atoms with Crippen molar-refractivity contribution >= 4 is 17.3 Å². The van der Waals surface area contributed by atoms with Crippen LogP contribution in [0.1, 0.15) is 40.5 Å². The SMILES string of the molecule is Cc1csc(C(c2ccccc2C(F)(F)F)N2CCCC(C(=O)O)C2)c1. The van der Waals surface area contributed by atoms with E-state index in [1.807, 2.05) is 23.3 Å². The molecule has 0 saturated carbocycles. The first-order chi connectivity index (χ1) is 12.3. The lowest BCUT2D eigenvalue weighted by Crippen LogP contribution is -2.41. The Morgan fingerprint density at radius 1 is 1.35 bits per heavy atom. The summed E-state index contributed by atoms with van der Waals surface area (Å²) in [6, 6.07) is 6.91. The van der Waals surface area contributed by atoms with E-state index in [0.717, 1.165) is 16.5 Å². The Labute approximate surface area is 154 Å². The number of carboxylic acid groups (broad SMARTS) is 1. The van der Waals surface area contributed by atoms with Gasteiger partial charge in [0, 0.05) is 11.4 Å². The molecule has 1 aromatic heterocycles. The summed E-state index contributed by atoms with van der Waals surface area (Å²) in [4.78, 5) is 14.1. The number of rotatable bonds is 4. The number of nitrogens with zero attached hydrogens (tertiary/aromatic N) is 1. The molecule has 1 N–H and O–H groups in total. The largest absolute Gasteiger partial charge is 0.481 e. The molecule has 1 fully saturated rings. The molecule has 1 aliphatic rings. The van der Waals surface area contributed by atoms with Crippen LogP contribution in [-0.2, 0) is 11.0 Å². The fourth-order valence-electron chi connectivity index (χ4n) is 3.56. The van der Waals surface area contributed by atoms with Gasteiger partial charge < -0.3 is 5.11 Å². The van der Waals surface area contributed by atoms with Crippen molar-refractivity contribution in [3.8, 4) is 0 Å². The van der Waals surface area contributed by atoms with Crippen LogP contribution in [0.15, 0.2) is 35.7 Å². The number of aryl methyl sites for hydroxylation is 1. The normalized spacial score (nSPS) is 20.1. The van der Waals surface area contributed by atoms with E-state index in [4.69, 9.17) is 0 Å². The highest BCUT2D eigenvalue weighted by Gasteiger charge is 2.39. The van der Waals surface area contributed by atoms with Gasteiger partial charge in [-0.15, -0.1) is 11.3 Å². The van der Waals surface area contributed by atoms with Crippen molar-refractivity contribution in [3.05, 3.63) is 57.3 Å². The molecule has 0 bridgehead atoms. The van der Waals surface area contributed by atoms with Gasteiger partial charge in [0.2, 0.25) is 0 Å². The second-order valence-corrected chi connectivity index (χ2v) is 7.63. The fraction of sp³-hybridized carbons (Fsp3) is 0.421. The monoisotopic (exact) mass is 383 g/mol. The maximum Gasteiger partial charge on any atom is 0.416 e. The molecule has 2 unspecified atom stereocenters. The zero-order valence-corrected chi connectivity index (χ0v) is 15.1. The molecule has 1 aliphatic heterocycles. The first-order valence-electron chi connectivity index (χ1n) is 8.45. The molecule has 2 heterocycles. The van der Waals surface area contributed by atoms with E-state index in [1.54, 1.807) is 6.07 Å². The number of halogens is 3. The van der Waals surface area contributed by atoms with E-state index in [9.17, 15) is 23.1 Å². The highest BCUT2D eigenvalue weighted by Crippen LogP contribution is 2.41. The number of aliphatic carboxylic acids is 1. The summed E-state index contributed by atoms with van der Waals surface area (Å²) in [5, 5.41) is 11.3. The van der Waals surface area contributed by atoms with E-state index in [2.05, 4.69) is 0 Å². The number of carbonyl (C=O) groups is 1. The number of carboxylic acids is 1. The Hall–Kier alpha value is -1.86. The minimum absolute atomic E-state index is 0.188. The van der Waals surface area contributed by atoms with Crippen LogP contribution in [-0.4, -0.2) is 29.1 Å². The molecule has 0 radical (unpaired) electrons. The number of hydrogen-bond donors (Lipinski definition) is 1. The smallest absolute Gasteiger partial charge is 0.416 e. The predicted molar refractivity (Wildman–Crippen MR) is 94.3 cm³/mol. The number of alkyl halides is 3. The molecule has 1 aromatic carbocycles. The predicted octanol–water partition coefficient (Wildman–Crippen LogP) is 4.96. The highest BCUT2D eigenvalue weighted by molar-refractivity contribution is 7.10. The molecule has 3 nitrogen and oxygen atoms in total. The molecule has 7 heteroatoms. The first-order valence-corrected chi connectivity index (χ1v) is 9.33. The Balaban J connectivity index is 2.07. The first kappa shape index (κ1) is 18.9. The van der Waals surface area contributed by atoms with Crippen molar-refractivity contribution < 1.29 is 23.1 Å². The van der Waals surface area contributed by atoms with E-state index in [0.29, 0.717) is 19.4 Å². The van der Waals surface area contributed by atoms with Crippen LogP contribution in [0.2, 0.25) is 0 Å². The molecule has 2 atom stereocenters. The topological polar surface area (TPSA) is 40.5 Å². The zero-order valence-electron chi connectivity index (χ0n) is 14.3. The van der Waals surface area contributed by atoms with Crippen molar-refractivity contribution in [1.82, 2.24) is 4.90 Å². The molecule has 1 saturated heterocycles. The van der Waals surface area contributed by atoms with Gasteiger partial charge in [-0.1, -0.05) is 18.2 Å². The molecular formula is C19H20F3NO2S. The minimum Gasteiger partial charge on any atom is -0.481 e. The molecule has 3 rings (SSSR count). The van der Waals surface area contributed by atoms with Crippen LogP contribution in [0, 0.1) is 12.8 Å². The summed E-state index contributed by atoms with van der Waals surface area (Å²) in [6.45, 7) is 2.74. The fourth-order valence-corrected chi connectivity index (χ4v) is 4.61. The minimum atomic E-state index is -4.46. The lowest BCUT2D eigenvalue weighted by Gasteiger charge is -2.37. The second-order valence-electron chi connectivity index (χ2n) is 6.69. The molecule has 140 valence electrons. The Bertz CT molecular complexity index is 787. The van der Waals surface area contributed by atoms with Crippen LogP contribution in [0.3, 0.4) is 0 Å². The Kier molecular flexibility index (Phi) is 5.39. The average Bonchev–Trinajstić information content (AvgIpc) is 3.01. The summed E-state index contributed by atoms with van der Waals surface area (Å²) in [6.07, 6.45) is -3.24. The third-order valence-corrected chi connectivity index (χ3v) is 5.85. The summed E-state index contributed by atoms with van der Waals surface area (Å²) in [5.41, 5.74) is 0.521. The van der Waals surface area contributed by atoms with Gasteiger partial charge in [0.15, 0.2) is 0 Å². The molecule has 0 spiro atoms. The van der Waals surface area contributed by atoms with E-state index in [-0.39, 0.29) is 12.1 Å². The van der Waals surface area contributed by atoms with Gasteiger partial charge >= 0.3 is 12.1 Å². The summed E-state index contributed by atoms with van der Waals surface area (Å²) >= 11 is 1.42. The van der Waals surface area contributed by atoms with Gasteiger partial charge in [0.25, 0.3) is 0 Å². The van der Waals surface area contributed by atoms with Gasteiger partial charge in [0.05, 0.1) is 17.5 Å². The van der Waals surface area contributed by atoms with E-state index in [1.165, 1.54) is 23.5 Å². The molecule has 0 aliphatic carbocycles. The van der Waals surface area contributed by atoms with Crippen LogP contribution in [0.25, 0.3) is 0 Å². The maximum absolute atomic E-state index is 13.6. The quantitative estimate of drug-likeness (QED) is 0.811. The lowest BCUT2D eigenvalue weighted by molar-refractivity contribution is -0.144. The van der Waals surface area contributed by atoms with Crippen molar-refractivity contribution in [2.24, 2.45) is 5.92 Å². The summed E-state index contributed by atoms with van der Waals surface area (Å²) in [5.74, 6) is -1.44. The lowest BCUT2D eigenvalue weighted by atomic mass is 9.92. The van der Waals surface area contributed by atoms with E-state index >= 15 is 0 Å². The average molecular weight is 383 g/mol. The van der Waals surface area contributed by atoms with Gasteiger partial charge in [0.1, 0.15) is 0 Å². The summed E-state index contributed by atoms with van der Waals surface area (Å²) < 4.78 is 40.8. The molecular weight excluding hydrogens is 363 g/mol. The number of likely N-dealkylation sites (tertiary alicyclic amines) is 1. The van der Waals surface area contributed by atoms with Gasteiger partial charge in [-0.3, -0.25) is 9.69 Å². The van der Waals surface area contributed by atoms with Crippen molar-refractivity contribution in [3.63, 3.8) is 0 Å². The number of benzene rings is 1. The summed E-state index contributed by atoms with van der Waals surface area (Å²) in [7, 11) is 0. The van der Waals surface area contributed by atoms with Gasteiger partial charge in [-0.05, 0) is 54.9 Å². The van der Waals surface area contributed by atoms with Crippen molar-refractivity contribution in [2.75, 3.05) is 13.1 Å². The van der Waals surface area contributed by atoms with Crippen molar-refractivity contribution in [1.29, 1.82) is 0 Å². The molecule has 26 heavy (non-hydrogen) atoms. The standard InChI is InChI=1S/C19H20F3NO2S/c1-12-9-16(26-11-12)17(23-8-4-5-13(10-23)18(24)25)14-6-2-3-7-15(14)19(20,21)22/h2-3,6-7,9,11,13,17H,4-5,8,10H2,1H3,(H,24,25). The Morgan fingerprint density at radius 3 is 2.69 bits per heavy atom. The third kappa shape index (κ3) is 3.94. The maximum atomic E-state index is 13.6.